The molecule has 1 aliphatic carbocycles. The van der Waals surface area contributed by atoms with Gasteiger partial charge in [0.2, 0.25) is 0 Å². The zero-order valence-electron chi connectivity index (χ0n) is 17.8. The summed E-state index contributed by atoms with van der Waals surface area (Å²) in [4.78, 5) is 14.6. The fraction of sp³-hybridized carbons (Fsp3) is 0.417. The molecule has 158 valence electrons. The summed E-state index contributed by atoms with van der Waals surface area (Å²) in [7, 11) is 3.34. The number of ether oxygens (including phenoxy) is 2. The summed E-state index contributed by atoms with van der Waals surface area (Å²) in [6, 6.07) is 13.8. The van der Waals surface area contributed by atoms with E-state index in [2.05, 4.69) is 11.0 Å². The van der Waals surface area contributed by atoms with E-state index in [1.807, 2.05) is 33.0 Å². The largest absolute Gasteiger partial charge is 0.489 e. The van der Waals surface area contributed by atoms with E-state index in [1.165, 1.54) is 19.2 Å². The maximum absolute atomic E-state index is 13.5. The van der Waals surface area contributed by atoms with E-state index in [0.29, 0.717) is 17.7 Å². The monoisotopic (exact) mass is 410 g/mol. The number of rotatable bonds is 6. The SMILES string of the molecule is COC(=O)[C@H]1CC[C@H](N(C)c2cc(C#N)ccc2OC(C)C)[C@@H]1c1ccc(F)cc1. The van der Waals surface area contributed by atoms with Crippen molar-refractivity contribution in [2.24, 2.45) is 5.92 Å². The van der Waals surface area contributed by atoms with Crippen molar-refractivity contribution >= 4 is 11.7 Å². The maximum atomic E-state index is 13.5. The molecule has 30 heavy (non-hydrogen) atoms. The van der Waals surface area contributed by atoms with Gasteiger partial charge in [0.25, 0.3) is 0 Å². The molecule has 0 spiro atoms. The van der Waals surface area contributed by atoms with Crippen molar-refractivity contribution in [3.8, 4) is 11.8 Å². The minimum absolute atomic E-state index is 0.0237. The van der Waals surface area contributed by atoms with Crippen LogP contribution >= 0.6 is 0 Å². The van der Waals surface area contributed by atoms with E-state index < -0.39 is 0 Å². The Morgan fingerprint density at radius 1 is 1.20 bits per heavy atom. The molecule has 0 N–H and O–H groups in total. The summed E-state index contributed by atoms with van der Waals surface area (Å²) < 4.78 is 24.6. The Kier molecular flexibility index (Phi) is 6.61. The lowest BCUT2D eigenvalue weighted by atomic mass is 9.85. The first kappa shape index (κ1) is 21.6. The molecule has 0 amide bonds. The van der Waals surface area contributed by atoms with Crippen LogP contribution in [-0.4, -0.2) is 32.3 Å². The van der Waals surface area contributed by atoms with Crippen molar-refractivity contribution in [3.63, 3.8) is 0 Å². The summed E-state index contributed by atoms with van der Waals surface area (Å²) in [6.07, 6.45) is 1.41. The number of likely N-dealkylation sites (N-methyl/N-ethyl adjacent to an activating group) is 1. The van der Waals surface area contributed by atoms with E-state index in [4.69, 9.17) is 9.47 Å². The molecule has 2 aromatic carbocycles. The van der Waals surface area contributed by atoms with Crippen molar-refractivity contribution in [2.45, 2.75) is 44.8 Å². The van der Waals surface area contributed by atoms with Gasteiger partial charge in [0.05, 0.1) is 36.5 Å². The molecule has 5 nitrogen and oxygen atoms in total. The molecule has 2 aromatic rings. The van der Waals surface area contributed by atoms with Gasteiger partial charge in [-0.05, 0) is 62.6 Å². The number of methoxy groups -OCH3 is 1. The van der Waals surface area contributed by atoms with Crippen LogP contribution in [-0.2, 0) is 9.53 Å². The number of carbonyl (C=O) groups is 1. The first-order valence-electron chi connectivity index (χ1n) is 10.1. The molecule has 0 aromatic heterocycles. The lowest BCUT2D eigenvalue weighted by Crippen LogP contribution is -2.37. The number of nitrogens with zero attached hydrogens (tertiary/aromatic N) is 2. The van der Waals surface area contributed by atoms with Gasteiger partial charge in [-0.1, -0.05) is 12.1 Å². The Labute approximate surface area is 177 Å². The highest BCUT2D eigenvalue weighted by Crippen LogP contribution is 2.45. The molecule has 3 atom stereocenters. The molecule has 1 saturated carbocycles. The van der Waals surface area contributed by atoms with Gasteiger partial charge in [-0.2, -0.15) is 5.26 Å². The van der Waals surface area contributed by atoms with Crippen molar-refractivity contribution in [1.82, 2.24) is 0 Å². The van der Waals surface area contributed by atoms with Gasteiger partial charge in [-0.3, -0.25) is 4.79 Å². The van der Waals surface area contributed by atoms with E-state index in [9.17, 15) is 14.4 Å². The summed E-state index contributed by atoms with van der Waals surface area (Å²) in [6.45, 7) is 3.90. The number of benzene rings is 2. The normalized spacial score (nSPS) is 20.6. The zero-order chi connectivity index (χ0) is 21.8. The molecule has 1 fully saturated rings. The Balaban J connectivity index is 2.03. The van der Waals surface area contributed by atoms with Crippen LogP contribution in [0.15, 0.2) is 42.5 Å². The molecule has 1 aliphatic rings. The van der Waals surface area contributed by atoms with Crippen molar-refractivity contribution in [3.05, 3.63) is 59.4 Å². The number of halogens is 1. The number of esters is 1. The topological polar surface area (TPSA) is 62.6 Å². The summed E-state index contributed by atoms with van der Waals surface area (Å²) in [5.41, 5.74) is 2.23. The van der Waals surface area contributed by atoms with E-state index in [-0.39, 0.29) is 35.8 Å². The minimum Gasteiger partial charge on any atom is -0.489 e. The second-order valence-corrected chi connectivity index (χ2v) is 7.92. The van der Waals surface area contributed by atoms with Gasteiger partial charge in [0.1, 0.15) is 11.6 Å². The van der Waals surface area contributed by atoms with E-state index in [0.717, 1.165) is 17.7 Å². The number of hydrogen-bond acceptors (Lipinski definition) is 5. The van der Waals surface area contributed by atoms with Crippen molar-refractivity contribution in [2.75, 3.05) is 19.1 Å². The molecule has 0 heterocycles. The number of carbonyl (C=O) groups excluding carboxylic acids is 1. The van der Waals surface area contributed by atoms with Crippen LogP contribution in [0.5, 0.6) is 5.75 Å². The average molecular weight is 410 g/mol. The highest BCUT2D eigenvalue weighted by Gasteiger charge is 2.44. The van der Waals surface area contributed by atoms with Gasteiger partial charge >= 0.3 is 5.97 Å². The average Bonchev–Trinajstić information content (AvgIpc) is 3.18. The standard InChI is InChI=1S/C24H27FN2O3/c1-15(2)30-22-12-5-16(14-26)13-21(22)27(3)20-11-10-19(24(28)29-4)23(20)17-6-8-18(25)9-7-17/h5-9,12-13,15,19-20,23H,10-11H2,1-4H3/t19-,20-,23+/m0/s1. The second-order valence-electron chi connectivity index (χ2n) is 7.92. The molecule has 6 heteroatoms. The first-order valence-corrected chi connectivity index (χ1v) is 10.1. The second kappa shape index (κ2) is 9.17. The summed E-state index contributed by atoms with van der Waals surface area (Å²) >= 11 is 0. The van der Waals surface area contributed by atoms with Gasteiger partial charge < -0.3 is 14.4 Å². The van der Waals surface area contributed by atoms with Crippen LogP contribution in [0.25, 0.3) is 0 Å². The first-order chi connectivity index (χ1) is 14.3. The smallest absolute Gasteiger partial charge is 0.309 e. The molecule has 0 aliphatic heterocycles. The number of anilines is 1. The van der Waals surface area contributed by atoms with Gasteiger partial charge in [0.15, 0.2) is 0 Å². The fourth-order valence-corrected chi connectivity index (χ4v) is 4.36. The molecule has 0 saturated heterocycles. The summed E-state index contributed by atoms with van der Waals surface area (Å²) in [5, 5.41) is 9.38. The number of hydrogen-bond donors (Lipinski definition) is 0. The quantitative estimate of drug-likeness (QED) is 0.649. The van der Waals surface area contributed by atoms with Crippen LogP contribution < -0.4 is 9.64 Å². The predicted octanol–water partition coefficient (Wildman–Crippen LogP) is 4.66. The zero-order valence-corrected chi connectivity index (χ0v) is 17.8. The highest BCUT2D eigenvalue weighted by atomic mass is 19.1. The third-order valence-electron chi connectivity index (χ3n) is 5.71. The molecule has 0 radical (unpaired) electrons. The number of nitriles is 1. The Morgan fingerprint density at radius 3 is 2.50 bits per heavy atom. The fourth-order valence-electron chi connectivity index (χ4n) is 4.36. The van der Waals surface area contributed by atoms with Gasteiger partial charge in [-0.15, -0.1) is 0 Å². The third-order valence-corrected chi connectivity index (χ3v) is 5.71. The molecule has 0 unspecified atom stereocenters. The van der Waals surface area contributed by atoms with Crippen LogP contribution in [0.1, 0.15) is 43.7 Å². The minimum atomic E-state index is -0.318. The Hall–Kier alpha value is -3.07. The van der Waals surface area contributed by atoms with Crippen LogP contribution in [0.4, 0.5) is 10.1 Å². The maximum Gasteiger partial charge on any atom is 0.309 e. The van der Waals surface area contributed by atoms with Gasteiger partial charge in [-0.25, -0.2) is 4.39 Å². The van der Waals surface area contributed by atoms with Crippen LogP contribution in [0, 0.1) is 23.1 Å². The third kappa shape index (κ3) is 4.40. The molecular weight excluding hydrogens is 383 g/mol. The van der Waals surface area contributed by atoms with Crippen LogP contribution in [0.3, 0.4) is 0 Å². The van der Waals surface area contributed by atoms with Crippen molar-refractivity contribution < 1.29 is 18.7 Å². The van der Waals surface area contributed by atoms with Gasteiger partial charge in [0, 0.05) is 19.0 Å². The predicted molar refractivity (Wildman–Crippen MR) is 113 cm³/mol. The summed E-state index contributed by atoms with van der Waals surface area (Å²) in [5.74, 6) is -0.372. The van der Waals surface area contributed by atoms with Crippen molar-refractivity contribution in [1.29, 1.82) is 5.26 Å². The van der Waals surface area contributed by atoms with E-state index in [1.54, 1.807) is 18.2 Å². The van der Waals surface area contributed by atoms with E-state index >= 15 is 0 Å². The molecular formula is C24H27FN2O3. The molecule has 0 bridgehead atoms. The Morgan fingerprint density at radius 2 is 1.90 bits per heavy atom. The van der Waals surface area contributed by atoms with Crippen LogP contribution in [0.2, 0.25) is 0 Å². The lowest BCUT2D eigenvalue weighted by molar-refractivity contribution is -0.145. The Bertz CT molecular complexity index is 936. The molecule has 3 rings (SSSR count). The highest BCUT2D eigenvalue weighted by molar-refractivity contribution is 5.75. The lowest BCUT2D eigenvalue weighted by Gasteiger charge is -2.34.